The van der Waals surface area contributed by atoms with Crippen LogP contribution in [-0.4, -0.2) is 33.4 Å². The minimum Gasteiger partial charge on any atom is -0.504 e. The summed E-state index contributed by atoms with van der Waals surface area (Å²) in [7, 11) is 0. The number of rotatable bonds is 4. The number of fused-ring (bicyclic) bond motifs is 7. The number of benzene rings is 1. The number of carboxylic acid groups (broad SMARTS) is 1. The molecule has 6 nitrogen and oxygen atoms in total. The summed E-state index contributed by atoms with van der Waals surface area (Å²) in [5, 5.41) is 30.0. The number of hydrogen-bond donors (Lipinski definition) is 3. The van der Waals surface area contributed by atoms with E-state index in [1.807, 2.05) is 0 Å². The van der Waals surface area contributed by atoms with Crippen LogP contribution in [0.15, 0.2) is 35.9 Å². The zero-order valence-corrected chi connectivity index (χ0v) is 28.4. The molecule has 45 heavy (non-hydrogen) atoms. The van der Waals surface area contributed by atoms with Gasteiger partial charge in [0.2, 0.25) is 0 Å². The van der Waals surface area contributed by atoms with Crippen LogP contribution >= 0.6 is 0 Å². The van der Waals surface area contributed by atoms with E-state index in [4.69, 9.17) is 4.74 Å². The first-order valence-corrected chi connectivity index (χ1v) is 17.4. The average molecular weight is 619 g/mol. The predicted molar refractivity (Wildman–Crippen MR) is 175 cm³/mol. The molecule has 0 bridgehead atoms. The molecule has 246 valence electrons. The van der Waals surface area contributed by atoms with Crippen molar-refractivity contribution >= 4 is 18.0 Å². The second-order valence-corrected chi connectivity index (χ2v) is 17.0. The Bertz CT molecular complexity index is 1440. The maximum absolute atomic E-state index is 13.0. The number of carbonyl (C=O) groups is 2. The van der Waals surface area contributed by atoms with E-state index < -0.39 is 11.4 Å². The SMILES string of the molecule is C[C@@H]1CC[C@]2(C(=O)O)CC[C@]3(C)C(=CC[C@@H]4[C@@]5(C)CC[C@H](OC(=O)/C=C/c6ccc(O)c(O)c6)C(C)(C)[C@@H]5CC[C@]43C)C2[C@H]1C. The van der Waals surface area contributed by atoms with Crippen LogP contribution < -0.4 is 0 Å². The lowest BCUT2D eigenvalue weighted by atomic mass is 9.33. The monoisotopic (exact) mass is 618 g/mol. The van der Waals surface area contributed by atoms with Crippen LogP contribution in [0.25, 0.3) is 6.08 Å². The molecule has 6 rings (SSSR count). The number of phenols is 2. The summed E-state index contributed by atoms with van der Waals surface area (Å²) in [6.07, 6.45) is 13.9. The van der Waals surface area contributed by atoms with Crippen molar-refractivity contribution in [3.63, 3.8) is 0 Å². The highest BCUT2D eigenvalue weighted by molar-refractivity contribution is 5.87. The van der Waals surface area contributed by atoms with Crippen molar-refractivity contribution in [1.82, 2.24) is 0 Å². The highest BCUT2D eigenvalue weighted by Gasteiger charge is 2.69. The van der Waals surface area contributed by atoms with Crippen molar-refractivity contribution in [2.45, 2.75) is 112 Å². The standard InChI is InChI=1S/C39H54O6/c1-23-14-19-39(34(43)44)21-20-37(6)26(33(39)24(23)2)10-12-30-36(5)17-16-31(35(3,4)29(36)15-18-38(30,37)7)45-32(42)13-9-25-8-11-27(40)28(41)22-25/h8-11,13,22-24,29-31,33,40-41H,12,14-21H2,1-7H3,(H,43,44)/b13-9+/t23-,24+,29+,30-,31+,33?,36+,37-,38-,39+/m1/s1. The van der Waals surface area contributed by atoms with Gasteiger partial charge in [0.1, 0.15) is 6.10 Å². The summed E-state index contributed by atoms with van der Waals surface area (Å²) in [5.41, 5.74) is 1.43. The predicted octanol–water partition coefficient (Wildman–Crippen LogP) is 8.77. The van der Waals surface area contributed by atoms with Gasteiger partial charge in [-0.2, -0.15) is 0 Å². The zero-order chi connectivity index (χ0) is 32.7. The van der Waals surface area contributed by atoms with Gasteiger partial charge in [-0.15, -0.1) is 0 Å². The average Bonchev–Trinajstić information content (AvgIpc) is 2.97. The van der Waals surface area contributed by atoms with Crippen LogP contribution in [0.5, 0.6) is 11.5 Å². The summed E-state index contributed by atoms with van der Waals surface area (Å²) in [6.45, 7) is 16.8. The second-order valence-electron chi connectivity index (χ2n) is 17.0. The quantitative estimate of drug-likeness (QED) is 0.135. The Balaban J connectivity index is 1.26. The van der Waals surface area contributed by atoms with E-state index in [0.717, 1.165) is 57.8 Å². The van der Waals surface area contributed by atoms with E-state index >= 15 is 0 Å². The highest BCUT2D eigenvalue weighted by atomic mass is 16.5. The van der Waals surface area contributed by atoms with Crippen molar-refractivity contribution in [3.8, 4) is 11.5 Å². The van der Waals surface area contributed by atoms with Crippen LogP contribution in [0.2, 0.25) is 0 Å². The highest BCUT2D eigenvalue weighted by Crippen LogP contribution is 2.75. The number of aliphatic carboxylic acids is 1. The topological polar surface area (TPSA) is 104 Å². The summed E-state index contributed by atoms with van der Waals surface area (Å²) in [6, 6.07) is 4.46. The molecule has 0 aliphatic heterocycles. The first kappa shape index (κ1) is 32.2. The second kappa shape index (κ2) is 10.6. The fraction of sp³-hybridized carbons (Fsp3) is 0.692. The molecule has 0 aromatic heterocycles. The smallest absolute Gasteiger partial charge is 0.331 e. The van der Waals surface area contributed by atoms with Gasteiger partial charge in [-0.3, -0.25) is 4.79 Å². The molecule has 1 aromatic carbocycles. The lowest BCUT2D eigenvalue weighted by molar-refractivity contribution is -0.213. The van der Waals surface area contributed by atoms with Crippen LogP contribution in [0.3, 0.4) is 0 Å². The molecule has 0 saturated heterocycles. The molecule has 10 atom stereocenters. The molecule has 0 heterocycles. The van der Waals surface area contributed by atoms with Crippen LogP contribution in [0.4, 0.5) is 0 Å². The maximum atomic E-state index is 13.0. The first-order chi connectivity index (χ1) is 21.0. The molecule has 6 heteroatoms. The normalized spacial score (nSPS) is 43.7. The lowest BCUT2D eigenvalue weighted by Crippen LogP contribution is -2.65. The van der Waals surface area contributed by atoms with E-state index in [0.29, 0.717) is 29.2 Å². The van der Waals surface area contributed by atoms with Gasteiger partial charge in [0.25, 0.3) is 0 Å². The Hall–Kier alpha value is -2.76. The Morgan fingerprint density at radius 1 is 0.889 bits per heavy atom. The van der Waals surface area contributed by atoms with E-state index in [1.165, 1.54) is 23.8 Å². The van der Waals surface area contributed by atoms with Gasteiger partial charge in [0, 0.05) is 11.5 Å². The number of phenolic OH excluding ortho intramolecular Hbond substituents is 2. The molecule has 5 aliphatic rings. The fourth-order valence-electron chi connectivity index (χ4n) is 12.0. The zero-order valence-electron chi connectivity index (χ0n) is 28.4. The third kappa shape index (κ3) is 4.54. The molecule has 0 amide bonds. The number of carbonyl (C=O) groups excluding carboxylic acids is 1. The van der Waals surface area contributed by atoms with Crippen molar-refractivity contribution in [1.29, 1.82) is 0 Å². The Labute approximate surface area is 269 Å². The van der Waals surface area contributed by atoms with Gasteiger partial charge in [-0.05, 0) is 127 Å². The van der Waals surface area contributed by atoms with E-state index in [9.17, 15) is 24.9 Å². The van der Waals surface area contributed by atoms with Gasteiger partial charge in [-0.25, -0.2) is 4.79 Å². The van der Waals surface area contributed by atoms with E-state index in [-0.39, 0.29) is 51.2 Å². The largest absolute Gasteiger partial charge is 0.504 e. The van der Waals surface area contributed by atoms with Gasteiger partial charge in [0.15, 0.2) is 11.5 Å². The maximum Gasteiger partial charge on any atom is 0.331 e. The van der Waals surface area contributed by atoms with Gasteiger partial charge < -0.3 is 20.1 Å². The van der Waals surface area contributed by atoms with Gasteiger partial charge in [-0.1, -0.05) is 66.2 Å². The van der Waals surface area contributed by atoms with Crippen molar-refractivity contribution < 1.29 is 29.6 Å². The molecule has 1 unspecified atom stereocenters. The van der Waals surface area contributed by atoms with Crippen molar-refractivity contribution in [3.05, 3.63) is 41.5 Å². The summed E-state index contributed by atoms with van der Waals surface area (Å²) in [5.74, 6) is 0.524. The van der Waals surface area contributed by atoms with Gasteiger partial charge >= 0.3 is 11.9 Å². The third-order valence-electron chi connectivity index (χ3n) is 15.0. The number of hydrogen-bond acceptors (Lipinski definition) is 5. The van der Waals surface area contributed by atoms with Crippen molar-refractivity contribution in [2.24, 2.45) is 56.7 Å². The summed E-state index contributed by atoms with van der Waals surface area (Å²) in [4.78, 5) is 26.0. The number of allylic oxidation sites excluding steroid dienone is 2. The van der Waals surface area contributed by atoms with E-state index in [1.54, 1.807) is 12.1 Å². The molecule has 5 aliphatic carbocycles. The number of ether oxygens (including phenoxy) is 1. The summed E-state index contributed by atoms with van der Waals surface area (Å²) < 4.78 is 6.15. The molecule has 4 saturated carbocycles. The molecule has 0 radical (unpaired) electrons. The molecular weight excluding hydrogens is 564 g/mol. The number of carboxylic acids is 1. The Morgan fingerprint density at radius 2 is 1.62 bits per heavy atom. The minimum absolute atomic E-state index is 0.0141. The fourth-order valence-corrected chi connectivity index (χ4v) is 12.0. The number of aromatic hydroxyl groups is 2. The first-order valence-electron chi connectivity index (χ1n) is 17.4. The molecule has 1 aromatic rings. The van der Waals surface area contributed by atoms with Gasteiger partial charge in [0.05, 0.1) is 5.41 Å². The Kier molecular flexibility index (Phi) is 7.61. The van der Waals surface area contributed by atoms with Crippen LogP contribution in [0.1, 0.15) is 112 Å². The minimum atomic E-state index is -0.622. The summed E-state index contributed by atoms with van der Waals surface area (Å²) >= 11 is 0. The van der Waals surface area contributed by atoms with E-state index in [2.05, 4.69) is 54.5 Å². The van der Waals surface area contributed by atoms with Crippen LogP contribution in [-0.2, 0) is 14.3 Å². The van der Waals surface area contributed by atoms with Crippen LogP contribution in [0, 0.1) is 56.7 Å². The third-order valence-corrected chi connectivity index (χ3v) is 15.0. The molecule has 0 spiro atoms. The molecular formula is C39H54O6. The van der Waals surface area contributed by atoms with Crippen molar-refractivity contribution in [2.75, 3.05) is 0 Å². The Morgan fingerprint density at radius 3 is 2.31 bits per heavy atom. The number of esters is 1. The lowest BCUT2D eigenvalue weighted by Gasteiger charge is -2.71. The molecule has 4 fully saturated rings. The molecule has 3 N–H and O–H groups in total.